The van der Waals surface area contributed by atoms with Crippen molar-refractivity contribution in [3.8, 4) is 11.4 Å². The summed E-state index contributed by atoms with van der Waals surface area (Å²) >= 11 is 0. The molecule has 2 heterocycles. The number of likely N-dealkylation sites (tertiary alicyclic amines) is 1. The number of aliphatic carboxylic acids is 2. The first kappa shape index (κ1) is 16.0. The average molecular weight is 359 g/mol. The van der Waals surface area contributed by atoms with Crippen LogP contribution in [0.15, 0.2) is 24.5 Å². The van der Waals surface area contributed by atoms with Crippen LogP contribution in [0.4, 0.5) is 0 Å². The highest BCUT2D eigenvalue weighted by Gasteiger charge is 2.81. The Bertz CT molecular complexity index is 916. The summed E-state index contributed by atoms with van der Waals surface area (Å²) in [6, 6.07) is 4.15. The summed E-state index contributed by atoms with van der Waals surface area (Å²) in [6.07, 6.45) is 1.30. The molecule has 0 radical (unpaired) electrons. The molecule has 11 nitrogen and oxygen atoms in total. The van der Waals surface area contributed by atoms with E-state index in [4.69, 9.17) is 0 Å². The molecule has 1 amide bonds. The van der Waals surface area contributed by atoms with E-state index in [1.807, 2.05) is 0 Å². The third kappa shape index (κ3) is 1.93. The number of fused-ring (bicyclic) bond motifs is 1. The van der Waals surface area contributed by atoms with Crippen molar-refractivity contribution in [2.75, 3.05) is 13.1 Å². The number of phenols is 1. The number of carboxylic acid groups (broad SMARTS) is 2. The van der Waals surface area contributed by atoms with Crippen molar-refractivity contribution in [2.24, 2.45) is 10.8 Å². The van der Waals surface area contributed by atoms with Crippen LogP contribution in [0.5, 0.6) is 5.75 Å². The van der Waals surface area contributed by atoms with E-state index in [-0.39, 0.29) is 30.8 Å². The third-order valence-electron chi connectivity index (χ3n) is 5.25. The maximum atomic E-state index is 12.8. The number of aromatic nitrogens is 4. The van der Waals surface area contributed by atoms with Gasteiger partial charge in [-0.05, 0) is 35.0 Å². The number of nitrogens with zero attached hydrogens (tertiary/aromatic N) is 5. The number of hydrogen-bond acceptors (Lipinski definition) is 7. The number of piperidine rings is 1. The lowest BCUT2D eigenvalue weighted by atomic mass is 9.97. The quantitative estimate of drug-likeness (QED) is 0.646. The van der Waals surface area contributed by atoms with Gasteiger partial charge in [0.1, 0.15) is 22.9 Å². The molecular formula is C15H13N5O6. The Morgan fingerprint density at radius 3 is 2.27 bits per heavy atom. The summed E-state index contributed by atoms with van der Waals surface area (Å²) in [4.78, 5) is 37.1. The summed E-state index contributed by atoms with van der Waals surface area (Å²) < 4.78 is 1.29. The minimum Gasteiger partial charge on any atom is -0.507 e. The van der Waals surface area contributed by atoms with Crippen LogP contribution >= 0.6 is 0 Å². The monoisotopic (exact) mass is 359 g/mol. The van der Waals surface area contributed by atoms with Gasteiger partial charge in [-0.15, -0.1) is 5.10 Å². The molecule has 1 saturated heterocycles. The summed E-state index contributed by atoms with van der Waals surface area (Å²) in [5.74, 6) is -3.42. The fourth-order valence-corrected chi connectivity index (χ4v) is 3.72. The fraction of sp³-hybridized carbons (Fsp3) is 0.333. The molecule has 0 spiro atoms. The Balaban J connectivity index is 1.67. The second kappa shape index (κ2) is 5.00. The van der Waals surface area contributed by atoms with Crippen molar-refractivity contribution in [3.05, 3.63) is 30.1 Å². The molecule has 1 aromatic carbocycles. The molecule has 134 valence electrons. The average Bonchev–Trinajstić information content (AvgIpc) is 2.95. The van der Waals surface area contributed by atoms with Crippen LogP contribution in [0.3, 0.4) is 0 Å². The third-order valence-corrected chi connectivity index (χ3v) is 5.25. The predicted octanol–water partition coefficient (Wildman–Crippen LogP) is -0.631. The second-order valence-electron chi connectivity index (χ2n) is 6.57. The SMILES string of the molecule is O=C(c1cc(-n2cnnn2)ccc1O)N1C[C@@]2(C(=O)O)C[C@@]2(C(=O)O)C1. The molecule has 2 fully saturated rings. The minimum absolute atomic E-state index is 0.00883. The highest BCUT2D eigenvalue weighted by molar-refractivity contribution is 6.01. The van der Waals surface area contributed by atoms with Gasteiger partial charge in [0.25, 0.3) is 5.91 Å². The first-order chi connectivity index (χ1) is 12.3. The number of tetrazole rings is 1. The number of carbonyl (C=O) groups is 3. The number of amides is 1. The van der Waals surface area contributed by atoms with Gasteiger partial charge in [-0.3, -0.25) is 14.4 Å². The van der Waals surface area contributed by atoms with Crippen molar-refractivity contribution in [2.45, 2.75) is 6.42 Å². The number of carboxylic acids is 2. The maximum Gasteiger partial charge on any atom is 0.312 e. The number of rotatable bonds is 4. The van der Waals surface area contributed by atoms with E-state index in [1.54, 1.807) is 0 Å². The minimum atomic E-state index is -1.47. The molecular weight excluding hydrogens is 346 g/mol. The zero-order valence-corrected chi connectivity index (χ0v) is 13.2. The zero-order valence-electron chi connectivity index (χ0n) is 13.2. The summed E-state index contributed by atoms with van der Waals surface area (Å²) in [5.41, 5.74) is -2.61. The molecule has 4 rings (SSSR count). The highest BCUT2D eigenvalue weighted by Crippen LogP contribution is 2.68. The van der Waals surface area contributed by atoms with Crippen molar-refractivity contribution < 1.29 is 29.7 Å². The van der Waals surface area contributed by atoms with Gasteiger partial charge in [-0.1, -0.05) is 0 Å². The Morgan fingerprint density at radius 1 is 1.08 bits per heavy atom. The number of hydrogen-bond donors (Lipinski definition) is 3. The van der Waals surface area contributed by atoms with Gasteiger partial charge in [-0.2, -0.15) is 0 Å². The molecule has 2 atom stereocenters. The lowest BCUT2D eigenvalue weighted by Gasteiger charge is -2.20. The maximum absolute atomic E-state index is 12.8. The largest absolute Gasteiger partial charge is 0.507 e. The van der Waals surface area contributed by atoms with Crippen LogP contribution in [0, 0.1) is 10.8 Å². The number of phenolic OH excluding ortho intramolecular Hbond substituents is 1. The van der Waals surface area contributed by atoms with Crippen molar-refractivity contribution in [1.82, 2.24) is 25.1 Å². The number of carbonyl (C=O) groups excluding carboxylic acids is 1. The fourth-order valence-electron chi connectivity index (χ4n) is 3.72. The molecule has 1 aliphatic carbocycles. The van der Waals surface area contributed by atoms with E-state index < -0.39 is 28.7 Å². The first-order valence-electron chi connectivity index (χ1n) is 7.63. The molecule has 0 bridgehead atoms. The van der Waals surface area contributed by atoms with E-state index in [0.717, 1.165) is 4.90 Å². The molecule has 26 heavy (non-hydrogen) atoms. The molecule has 2 aromatic rings. The Labute approximate surface area is 145 Å². The van der Waals surface area contributed by atoms with Crippen LogP contribution in [0.25, 0.3) is 5.69 Å². The topological polar surface area (TPSA) is 159 Å². The van der Waals surface area contributed by atoms with E-state index in [0.29, 0.717) is 5.69 Å². The molecule has 11 heteroatoms. The molecule has 3 N–H and O–H groups in total. The van der Waals surface area contributed by atoms with Gasteiger partial charge in [0.15, 0.2) is 0 Å². The first-order valence-corrected chi connectivity index (χ1v) is 7.63. The lowest BCUT2D eigenvalue weighted by Crippen LogP contribution is -2.34. The molecule has 1 aromatic heterocycles. The van der Waals surface area contributed by atoms with Gasteiger partial charge in [-0.25, -0.2) is 4.68 Å². The second-order valence-corrected chi connectivity index (χ2v) is 6.57. The number of aromatic hydroxyl groups is 1. The van der Waals surface area contributed by atoms with Gasteiger partial charge in [0.05, 0.1) is 11.3 Å². The Kier molecular flexibility index (Phi) is 3.08. The van der Waals surface area contributed by atoms with Crippen LogP contribution < -0.4 is 0 Å². The Morgan fingerprint density at radius 2 is 1.73 bits per heavy atom. The van der Waals surface area contributed by atoms with Gasteiger partial charge in [0.2, 0.25) is 0 Å². The summed E-state index contributed by atoms with van der Waals surface area (Å²) in [6.45, 7) is -0.440. The van der Waals surface area contributed by atoms with Gasteiger partial charge in [0, 0.05) is 13.1 Å². The van der Waals surface area contributed by atoms with Crippen molar-refractivity contribution >= 4 is 17.8 Å². The van der Waals surface area contributed by atoms with Gasteiger partial charge < -0.3 is 20.2 Å². The van der Waals surface area contributed by atoms with Crippen LogP contribution in [0.1, 0.15) is 16.8 Å². The van der Waals surface area contributed by atoms with E-state index >= 15 is 0 Å². The van der Waals surface area contributed by atoms with Crippen LogP contribution in [-0.2, 0) is 9.59 Å². The standard InChI is InChI=1S/C15H13N5O6/c21-10-2-1-8(20-7-16-17-18-20)3-9(10)11(22)19-5-14(12(23)24)4-15(14,6-19)13(25)26/h1-3,7,21H,4-6H2,(H,23,24)(H,25,26)/t14-,15+. The van der Waals surface area contributed by atoms with E-state index in [2.05, 4.69) is 15.5 Å². The molecule has 1 saturated carbocycles. The van der Waals surface area contributed by atoms with Crippen LogP contribution in [-0.4, -0.2) is 71.4 Å². The number of benzene rings is 1. The normalized spacial score (nSPS) is 26.4. The van der Waals surface area contributed by atoms with Gasteiger partial charge >= 0.3 is 11.9 Å². The van der Waals surface area contributed by atoms with Crippen LogP contribution in [0.2, 0.25) is 0 Å². The summed E-state index contributed by atoms with van der Waals surface area (Å²) in [7, 11) is 0. The van der Waals surface area contributed by atoms with Crippen molar-refractivity contribution in [1.29, 1.82) is 0 Å². The molecule has 2 aliphatic rings. The van der Waals surface area contributed by atoms with Crippen molar-refractivity contribution in [3.63, 3.8) is 0 Å². The Hall–Kier alpha value is -3.50. The zero-order chi connectivity index (χ0) is 18.7. The summed E-state index contributed by atoms with van der Waals surface area (Å²) in [5, 5.41) is 39.6. The predicted molar refractivity (Wildman–Crippen MR) is 81.5 cm³/mol. The van der Waals surface area contributed by atoms with E-state index in [9.17, 15) is 29.7 Å². The highest BCUT2D eigenvalue weighted by atomic mass is 16.4. The smallest absolute Gasteiger partial charge is 0.312 e. The molecule has 0 unspecified atom stereocenters. The lowest BCUT2D eigenvalue weighted by molar-refractivity contribution is -0.151. The van der Waals surface area contributed by atoms with E-state index in [1.165, 1.54) is 29.2 Å². The molecule has 1 aliphatic heterocycles.